The van der Waals surface area contributed by atoms with Gasteiger partial charge in [-0.1, -0.05) is 0 Å². The Morgan fingerprint density at radius 3 is 1.25 bits per heavy atom. The van der Waals surface area contributed by atoms with Crippen molar-refractivity contribution < 1.29 is 62.1 Å². The molecule has 4 heavy (non-hydrogen) atoms. The van der Waals surface area contributed by atoms with Gasteiger partial charge in [0.05, 0.1) is 0 Å². The summed E-state index contributed by atoms with van der Waals surface area (Å²) in [5.74, 6) is 0. The maximum absolute atomic E-state index is 8.00. The Balaban J connectivity index is -0.00000000500. The van der Waals surface area contributed by atoms with Crippen molar-refractivity contribution in [2.24, 2.45) is 0 Å². The van der Waals surface area contributed by atoms with Gasteiger partial charge in [0, 0.05) is 42.3 Å². The molecular formula is FeNiOSc. The van der Waals surface area contributed by atoms with E-state index in [1.807, 2.05) is 15.9 Å². The minimum atomic E-state index is 0. The molecule has 0 fully saturated rings. The fourth-order valence-electron chi connectivity index (χ4n) is 0. The summed E-state index contributed by atoms with van der Waals surface area (Å²) >= 11 is 2.00. The van der Waals surface area contributed by atoms with Crippen molar-refractivity contribution in [3.63, 3.8) is 0 Å². The number of hydrogen-bond acceptors (Lipinski definition) is 1. The van der Waals surface area contributed by atoms with Crippen LogP contribution < -0.4 is 0 Å². The quantitative estimate of drug-likeness (QED) is 0.469. The molecule has 27 valence electrons. The molecular weight excluding hydrogens is 175 g/mol. The van der Waals surface area contributed by atoms with Crippen LogP contribution in [0.5, 0.6) is 0 Å². The molecule has 0 aliphatic heterocycles. The maximum atomic E-state index is 8.00. The summed E-state index contributed by atoms with van der Waals surface area (Å²) in [6, 6.07) is 0. The number of rotatable bonds is 0. The first kappa shape index (κ1) is 17.3. The van der Waals surface area contributed by atoms with Crippen LogP contribution in [0, 0.1) is 0 Å². The SMILES string of the molecule is [Ni].[O]=[Fe].[Sc]. The molecule has 0 atom stereocenters. The monoisotopic (exact) mass is 175 g/mol. The van der Waals surface area contributed by atoms with E-state index in [-0.39, 0.29) is 42.3 Å². The molecule has 4 heteroatoms. The van der Waals surface area contributed by atoms with Crippen LogP contribution in [-0.4, -0.2) is 0 Å². The summed E-state index contributed by atoms with van der Waals surface area (Å²) in [4.78, 5) is 0. The Kier molecular flexibility index (Phi) is 97.1. The van der Waals surface area contributed by atoms with Crippen molar-refractivity contribution in [2.45, 2.75) is 0 Å². The van der Waals surface area contributed by atoms with Crippen LogP contribution in [0.3, 0.4) is 0 Å². The summed E-state index contributed by atoms with van der Waals surface area (Å²) in [5, 5.41) is 0. The topological polar surface area (TPSA) is 17.1 Å². The van der Waals surface area contributed by atoms with Crippen molar-refractivity contribution in [3.8, 4) is 0 Å². The van der Waals surface area contributed by atoms with Gasteiger partial charge in [0.25, 0.3) is 0 Å². The van der Waals surface area contributed by atoms with E-state index in [1.165, 1.54) is 0 Å². The molecule has 0 N–H and O–H groups in total. The van der Waals surface area contributed by atoms with Gasteiger partial charge in [-0.3, -0.25) is 0 Å². The Hall–Kier alpha value is 1.68. The minimum absolute atomic E-state index is 0. The van der Waals surface area contributed by atoms with Crippen LogP contribution >= 0.6 is 0 Å². The Bertz CT molecular complexity index is 8.00. The first-order valence-corrected chi connectivity index (χ1v) is 0.595. The first-order chi connectivity index (χ1) is 1.00. The van der Waals surface area contributed by atoms with E-state index in [1.54, 1.807) is 0 Å². The molecule has 1 nitrogen and oxygen atoms in total. The van der Waals surface area contributed by atoms with Gasteiger partial charge in [-0.05, 0) is 0 Å². The first-order valence-electron chi connectivity index (χ1n) is 0.144. The van der Waals surface area contributed by atoms with Crippen LogP contribution in [0.25, 0.3) is 0 Å². The average Bonchev–Trinajstić information content (AvgIpc) is 1.00. The molecule has 0 heterocycles. The van der Waals surface area contributed by atoms with E-state index >= 15 is 0 Å². The third-order valence-electron chi connectivity index (χ3n) is 0. The second-order valence-corrected chi connectivity index (χ2v) is 0. The second-order valence-electron chi connectivity index (χ2n) is 0. The zero-order valence-corrected chi connectivity index (χ0v) is 5.55. The molecule has 1 radical (unpaired) electrons. The molecule has 0 rings (SSSR count). The third-order valence-corrected chi connectivity index (χ3v) is 0. The van der Waals surface area contributed by atoms with E-state index in [0.717, 1.165) is 0 Å². The molecule has 0 aliphatic carbocycles. The summed E-state index contributed by atoms with van der Waals surface area (Å²) in [7, 11) is 0. The van der Waals surface area contributed by atoms with E-state index in [0.29, 0.717) is 0 Å². The van der Waals surface area contributed by atoms with Crippen LogP contribution in [0.2, 0.25) is 0 Å². The van der Waals surface area contributed by atoms with Gasteiger partial charge in [0.2, 0.25) is 0 Å². The molecule has 0 amide bonds. The van der Waals surface area contributed by atoms with E-state index in [9.17, 15) is 0 Å². The van der Waals surface area contributed by atoms with E-state index in [4.69, 9.17) is 3.83 Å². The van der Waals surface area contributed by atoms with Crippen LogP contribution in [0.1, 0.15) is 0 Å². The van der Waals surface area contributed by atoms with E-state index < -0.39 is 0 Å². The van der Waals surface area contributed by atoms with Gasteiger partial charge in [-0.15, -0.1) is 0 Å². The molecule has 0 aromatic carbocycles. The molecule has 0 saturated heterocycles. The average molecular weight is 175 g/mol. The van der Waals surface area contributed by atoms with Crippen molar-refractivity contribution in [1.29, 1.82) is 0 Å². The predicted octanol–water partition coefficient (Wildman–Crippen LogP) is -0.126. The van der Waals surface area contributed by atoms with Crippen molar-refractivity contribution >= 4 is 0 Å². The van der Waals surface area contributed by atoms with E-state index in [2.05, 4.69) is 0 Å². The summed E-state index contributed by atoms with van der Waals surface area (Å²) in [5.41, 5.74) is 0. The fourth-order valence-corrected chi connectivity index (χ4v) is 0. The minimum Gasteiger partial charge on any atom is 0 e. The fraction of sp³-hybridized carbons (Fsp3) is 0. The molecule has 0 saturated carbocycles. The van der Waals surface area contributed by atoms with Crippen LogP contribution in [-0.2, 0) is 62.1 Å². The van der Waals surface area contributed by atoms with Gasteiger partial charge in [-0.2, -0.15) is 0 Å². The molecule has 0 aromatic rings. The Morgan fingerprint density at radius 1 is 1.25 bits per heavy atom. The zero-order chi connectivity index (χ0) is 2.00. The largest absolute Gasteiger partial charge is 0 e. The van der Waals surface area contributed by atoms with Crippen LogP contribution in [0.4, 0.5) is 0 Å². The van der Waals surface area contributed by atoms with Gasteiger partial charge >= 0.3 is 19.8 Å². The second kappa shape index (κ2) is 22.4. The smallest absolute Gasteiger partial charge is 0 e. The third kappa shape index (κ3) is 9.36. The maximum Gasteiger partial charge on any atom is 0 e. The van der Waals surface area contributed by atoms with Crippen molar-refractivity contribution in [3.05, 3.63) is 0 Å². The predicted molar refractivity (Wildman–Crippen MR) is 0.686 cm³/mol. The summed E-state index contributed by atoms with van der Waals surface area (Å²) in [6.07, 6.45) is 0. The van der Waals surface area contributed by atoms with Crippen molar-refractivity contribution in [1.82, 2.24) is 0 Å². The van der Waals surface area contributed by atoms with Crippen molar-refractivity contribution in [2.75, 3.05) is 0 Å². The summed E-state index contributed by atoms with van der Waals surface area (Å²) < 4.78 is 8.00. The molecule has 0 spiro atoms. The van der Waals surface area contributed by atoms with Gasteiger partial charge in [0.1, 0.15) is 0 Å². The summed E-state index contributed by atoms with van der Waals surface area (Å²) in [6.45, 7) is 0. The standard InChI is InChI=1S/Fe.Ni.O.Sc. The van der Waals surface area contributed by atoms with Gasteiger partial charge in [0.15, 0.2) is 0 Å². The normalized spacial score (nSPS) is 1.25. The molecule has 0 unspecified atom stereocenters. The Morgan fingerprint density at radius 2 is 1.25 bits per heavy atom. The van der Waals surface area contributed by atoms with Crippen LogP contribution in [0.15, 0.2) is 0 Å². The number of hydrogen-bond donors (Lipinski definition) is 0. The zero-order valence-electron chi connectivity index (χ0n) is 1.66. The molecule has 0 aliphatic rings. The molecule has 0 aromatic heterocycles. The molecule has 0 bridgehead atoms. The van der Waals surface area contributed by atoms with Gasteiger partial charge < -0.3 is 0 Å². The Labute approximate surface area is 61.6 Å². The van der Waals surface area contributed by atoms with Gasteiger partial charge in [-0.25, -0.2) is 0 Å².